The molecule has 0 bridgehead atoms. The van der Waals surface area contributed by atoms with Gasteiger partial charge < -0.3 is 9.47 Å². The smallest absolute Gasteiger partial charge is 0.146 e. The highest BCUT2D eigenvalue weighted by molar-refractivity contribution is 5.13. The summed E-state index contributed by atoms with van der Waals surface area (Å²) in [7, 11) is 0. The van der Waals surface area contributed by atoms with Gasteiger partial charge in [0, 0.05) is 25.8 Å². The first-order valence-corrected chi connectivity index (χ1v) is 7.02. The minimum Gasteiger partial charge on any atom is -0.378 e. The molecule has 5 nitrogen and oxygen atoms in total. The zero-order chi connectivity index (χ0) is 14.0. The van der Waals surface area contributed by atoms with Gasteiger partial charge in [0.25, 0.3) is 0 Å². The number of hydrazine groups is 1. The van der Waals surface area contributed by atoms with Crippen molar-refractivity contribution in [1.82, 2.24) is 10.4 Å². The van der Waals surface area contributed by atoms with Crippen LogP contribution in [0.5, 0.6) is 0 Å². The van der Waals surface area contributed by atoms with E-state index in [1.54, 1.807) is 12.3 Å². The molecule has 2 aliphatic rings. The minimum atomic E-state index is -0.321. The zero-order valence-corrected chi connectivity index (χ0v) is 11.3. The third-order valence-electron chi connectivity index (χ3n) is 4.33. The largest absolute Gasteiger partial charge is 0.378 e. The molecule has 3 unspecified atom stereocenters. The summed E-state index contributed by atoms with van der Waals surface area (Å²) in [5, 5.41) is 0. The molecule has 1 aromatic rings. The van der Waals surface area contributed by atoms with Crippen molar-refractivity contribution in [3.63, 3.8) is 0 Å². The molecule has 3 N–H and O–H groups in total. The molecule has 0 saturated carbocycles. The Bertz CT molecular complexity index is 465. The Balaban J connectivity index is 1.81. The van der Waals surface area contributed by atoms with E-state index in [2.05, 4.69) is 10.4 Å². The molecule has 1 aromatic heterocycles. The number of halogens is 1. The van der Waals surface area contributed by atoms with E-state index < -0.39 is 0 Å². The third-order valence-corrected chi connectivity index (χ3v) is 4.33. The van der Waals surface area contributed by atoms with Gasteiger partial charge in [0.15, 0.2) is 0 Å². The van der Waals surface area contributed by atoms with Crippen LogP contribution in [0.1, 0.15) is 31.0 Å². The fourth-order valence-electron chi connectivity index (χ4n) is 3.28. The van der Waals surface area contributed by atoms with E-state index in [0.717, 1.165) is 25.9 Å². The van der Waals surface area contributed by atoms with Gasteiger partial charge in [0.05, 0.1) is 23.9 Å². The highest BCUT2D eigenvalue weighted by atomic mass is 19.1. The normalized spacial score (nSPS) is 31.6. The maximum Gasteiger partial charge on any atom is 0.146 e. The second-order valence-corrected chi connectivity index (χ2v) is 5.60. The van der Waals surface area contributed by atoms with Gasteiger partial charge in [-0.3, -0.25) is 16.3 Å². The summed E-state index contributed by atoms with van der Waals surface area (Å²) in [6.07, 6.45) is 4.15. The number of nitrogens with one attached hydrogen (secondary N) is 1. The minimum absolute atomic E-state index is 0.194. The van der Waals surface area contributed by atoms with Crippen LogP contribution in [0.25, 0.3) is 0 Å². The average Bonchev–Trinajstić information content (AvgIpc) is 2.90. The molecule has 20 heavy (non-hydrogen) atoms. The Morgan fingerprint density at radius 3 is 3.10 bits per heavy atom. The molecule has 110 valence electrons. The quantitative estimate of drug-likeness (QED) is 0.646. The van der Waals surface area contributed by atoms with E-state index in [1.807, 2.05) is 0 Å². The van der Waals surface area contributed by atoms with Gasteiger partial charge >= 0.3 is 0 Å². The van der Waals surface area contributed by atoms with E-state index in [1.165, 1.54) is 6.07 Å². The van der Waals surface area contributed by atoms with Crippen molar-refractivity contribution in [2.24, 2.45) is 11.8 Å². The number of rotatable bonds is 3. The molecule has 0 radical (unpaired) electrons. The predicted molar refractivity (Wildman–Crippen MR) is 71.1 cm³/mol. The monoisotopic (exact) mass is 281 g/mol. The number of hydrogen-bond acceptors (Lipinski definition) is 5. The number of nitrogens with zero attached hydrogens (tertiary/aromatic N) is 1. The van der Waals surface area contributed by atoms with Crippen LogP contribution in [0.3, 0.4) is 0 Å². The highest BCUT2D eigenvalue weighted by Gasteiger charge is 2.43. The Morgan fingerprint density at radius 1 is 1.50 bits per heavy atom. The molecular formula is C14H20FN3O2. The van der Waals surface area contributed by atoms with Gasteiger partial charge in [-0.25, -0.2) is 4.39 Å². The van der Waals surface area contributed by atoms with Gasteiger partial charge in [0.1, 0.15) is 5.82 Å². The molecular weight excluding hydrogens is 261 g/mol. The second kappa shape index (κ2) is 5.73. The van der Waals surface area contributed by atoms with Crippen molar-refractivity contribution in [2.45, 2.75) is 30.9 Å². The van der Waals surface area contributed by atoms with Crippen molar-refractivity contribution in [2.75, 3.05) is 19.8 Å². The lowest BCUT2D eigenvalue weighted by molar-refractivity contribution is -0.103. The van der Waals surface area contributed by atoms with Crippen LogP contribution >= 0.6 is 0 Å². The lowest BCUT2D eigenvalue weighted by Gasteiger charge is -2.40. The van der Waals surface area contributed by atoms with Crippen molar-refractivity contribution in [3.8, 4) is 0 Å². The maximum absolute atomic E-state index is 13.9. The third kappa shape index (κ3) is 2.56. The van der Waals surface area contributed by atoms with Gasteiger partial charge in [0.2, 0.25) is 0 Å². The van der Waals surface area contributed by atoms with Crippen molar-refractivity contribution < 1.29 is 13.9 Å². The van der Waals surface area contributed by atoms with Crippen LogP contribution in [0.15, 0.2) is 18.3 Å². The van der Waals surface area contributed by atoms with Gasteiger partial charge in [-0.2, -0.15) is 0 Å². The van der Waals surface area contributed by atoms with Crippen molar-refractivity contribution in [1.29, 1.82) is 0 Å². The first-order valence-electron chi connectivity index (χ1n) is 7.02. The number of ether oxygens (including phenoxy) is 2. The number of pyridine rings is 1. The van der Waals surface area contributed by atoms with E-state index in [0.29, 0.717) is 18.9 Å². The molecule has 2 saturated heterocycles. The molecule has 3 rings (SSSR count). The van der Waals surface area contributed by atoms with Gasteiger partial charge in [-0.1, -0.05) is 0 Å². The zero-order valence-electron chi connectivity index (χ0n) is 11.3. The van der Waals surface area contributed by atoms with E-state index in [4.69, 9.17) is 15.3 Å². The van der Waals surface area contributed by atoms with E-state index in [-0.39, 0.29) is 23.4 Å². The van der Waals surface area contributed by atoms with E-state index >= 15 is 0 Å². The summed E-state index contributed by atoms with van der Waals surface area (Å²) in [5.41, 5.74) is 2.90. The molecule has 3 heterocycles. The average molecular weight is 281 g/mol. The van der Waals surface area contributed by atoms with Crippen LogP contribution in [-0.4, -0.2) is 30.4 Å². The molecule has 2 aliphatic heterocycles. The Kier molecular flexibility index (Phi) is 3.98. The number of nitrogens with two attached hydrogens (primary N) is 1. The standard InChI is InChI=1S/C14H20FN3O2/c15-11-2-1-5-17-13(11)12(18-16)10-3-6-20-14(8-10)4-7-19-9-14/h1-2,5,10,12,18H,3-4,6-9,16H2. The van der Waals surface area contributed by atoms with Crippen LogP contribution < -0.4 is 11.3 Å². The molecule has 0 amide bonds. The topological polar surface area (TPSA) is 69.4 Å². The fraction of sp³-hybridized carbons (Fsp3) is 0.643. The number of aromatic nitrogens is 1. The summed E-state index contributed by atoms with van der Waals surface area (Å²) >= 11 is 0. The lowest BCUT2D eigenvalue weighted by Crippen LogP contribution is -2.45. The highest BCUT2D eigenvalue weighted by Crippen LogP contribution is 2.40. The first kappa shape index (κ1) is 13.9. The van der Waals surface area contributed by atoms with Crippen molar-refractivity contribution >= 4 is 0 Å². The molecule has 0 aromatic carbocycles. The fourth-order valence-corrected chi connectivity index (χ4v) is 3.28. The molecule has 3 atom stereocenters. The summed E-state index contributed by atoms with van der Waals surface area (Å²) in [4.78, 5) is 4.15. The van der Waals surface area contributed by atoms with Gasteiger partial charge in [-0.05, 0) is 30.9 Å². The SMILES string of the molecule is NNC(c1ncccc1F)C1CCOC2(CCOC2)C1. The van der Waals surface area contributed by atoms with Crippen LogP contribution in [0.4, 0.5) is 4.39 Å². The van der Waals surface area contributed by atoms with Crippen LogP contribution in [-0.2, 0) is 9.47 Å². The predicted octanol–water partition coefficient (Wildman–Crippen LogP) is 1.31. The first-order chi connectivity index (χ1) is 9.74. The number of hydrogen-bond donors (Lipinski definition) is 2. The second-order valence-electron chi connectivity index (χ2n) is 5.60. The summed E-state index contributed by atoms with van der Waals surface area (Å²) in [5.74, 6) is 5.54. The molecule has 0 aliphatic carbocycles. The summed E-state index contributed by atoms with van der Waals surface area (Å²) in [6.45, 7) is 2.00. The van der Waals surface area contributed by atoms with Gasteiger partial charge in [-0.15, -0.1) is 0 Å². The summed E-state index contributed by atoms with van der Waals surface area (Å²) in [6, 6.07) is 2.71. The summed E-state index contributed by atoms with van der Waals surface area (Å²) < 4.78 is 25.3. The lowest BCUT2D eigenvalue weighted by atomic mass is 9.80. The Hall–Kier alpha value is -1.08. The molecule has 1 spiro atoms. The Morgan fingerprint density at radius 2 is 2.40 bits per heavy atom. The maximum atomic E-state index is 13.9. The molecule has 6 heteroatoms. The van der Waals surface area contributed by atoms with E-state index in [9.17, 15) is 4.39 Å². The van der Waals surface area contributed by atoms with Crippen molar-refractivity contribution in [3.05, 3.63) is 29.8 Å². The Labute approximate surface area is 117 Å². The molecule has 2 fully saturated rings. The van der Waals surface area contributed by atoms with Crippen LogP contribution in [0, 0.1) is 11.7 Å². The van der Waals surface area contributed by atoms with Crippen LogP contribution in [0.2, 0.25) is 0 Å².